The molecular weight excluding hydrogens is 480 g/mol. The van der Waals surface area contributed by atoms with Gasteiger partial charge in [0.25, 0.3) is 15.9 Å². The summed E-state index contributed by atoms with van der Waals surface area (Å²) >= 11 is 8.52. The Bertz CT molecular complexity index is 1260. The van der Waals surface area contributed by atoms with Gasteiger partial charge in [-0.15, -0.1) is 22.7 Å². The van der Waals surface area contributed by atoms with Crippen LogP contribution >= 0.6 is 34.3 Å². The van der Waals surface area contributed by atoms with Crippen LogP contribution in [-0.4, -0.2) is 71.5 Å². The molecule has 1 fully saturated rings. The standard InChI is InChI=1S/C19H19ClN4O4S3/c20-13-2-1-12-9-17(29-15(12)10-13)31(27,28)24-7-5-22(6-8-24)19(25)18-21-14-3-4-23(26)11-16(14)30-18/h1-2,9-10,26H,3-8,11H2. The van der Waals surface area contributed by atoms with Gasteiger partial charge in [0.05, 0.1) is 12.2 Å². The molecule has 1 amide bonds. The Labute approximate surface area is 192 Å². The molecule has 4 heterocycles. The molecule has 31 heavy (non-hydrogen) atoms. The third-order valence-corrected chi connectivity index (χ3v) is 10.2. The number of aromatic nitrogens is 1. The van der Waals surface area contributed by atoms with Crippen molar-refractivity contribution in [3.63, 3.8) is 0 Å². The van der Waals surface area contributed by atoms with Crippen molar-refractivity contribution in [1.82, 2.24) is 19.3 Å². The van der Waals surface area contributed by atoms with Gasteiger partial charge in [-0.1, -0.05) is 17.7 Å². The number of amides is 1. The number of sulfonamides is 1. The number of nitrogens with zero attached hydrogens (tertiary/aromatic N) is 4. The average Bonchev–Trinajstić information content (AvgIpc) is 3.37. The Morgan fingerprint density at radius 1 is 1.10 bits per heavy atom. The van der Waals surface area contributed by atoms with E-state index in [0.29, 0.717) is 42.6 Å². The van der Waals surface area contributed by atoms with E-state index in [0.717, 1.165) is 20.7 Å². The number of hydrogen-bond acceptors (Lipinski definition) is 8. The molecule has 2 aliphatic heterocycles. The van der Waals surface area contributed by atoms with Crippen LogP contribution in [0.4, 0.5) is 0 Å². The zero-order chi connectivity index (χ0) is 21.8. The Balaban J connectivity index is 1.28. The van der Waals surface area contributed by atoms with E-state index in [2.05, 4.69) is 4.98 Å². The number of halogens is 1. The zero-order valence-electron chi connectivity index (χ0n) is 16.3. The highest BCUT2D eigenvalue weighted by Gasteiger charge is 2.33. The summed E-state index contributed by atoms with van der Waals surface area (Å²) in [7, 11) is -3.63. The van der Waals surface area contributed by atoms with E-state index in [1.807, 2.05) is 6.07 Å². The van der Waals surface area contributed by atoms with Crippen LogP contribution in [0.25, 0.3) is 10.1 Å². The second kappa shape index (κ2) is 8.07. The highest BCUT2D eigenvalue weighted by atomic mass is 35.5. The predicted molar refractivity (Wildman–Crippen MR) is 120 cm³/mol. The second-order valence-corrected chi connectivity index (χ2v) is 12.2. The normalized spacial score (nSPS) is 18.5. The summed E-state index contributed by atoms with van der Waals surface area (Å²) in [6.45, 7) is 1.98. The number of fused-ring (bicyclic) bond motifs is 2. The number of thiazole rings is 1. The lowest BCUT2D eigenvalue weighted by Crippen LogP contribution is -2.50. The molecule has 0 atom stereocenters. The number of benzene rings is 1. The molecule has 2 aromatic heterocycles. The number of piperazine rings is 1. The molecule has 0 bridgehead atoms. The Morgan fingerprint density at radius 3 is 2.65 bits per heavy atom. The molecule has 0 spiro atoms. The quantitative estimate of drug-likeness (QED) is 0.596. The summed E-state index contributed by atoms with van der Waals surface area (Å²) in [4.78, 5) is 19.9. The topological polar surface area (TPSA) is 94.1 Å². The molecule has 0 aliphatic carbocycles. The fourth-order valence-electron chi connectivity index (χ4n) is 3.78. The molecule has 1 saturated heterocycles. The maximum absolute atomic E-state index is 13.1. The van der Waals surface area contributed by atoms with E-state index in [1.54, 1.807) is 23.1 Å². The van der Waals surface area contributed by atoms with Crippen LogP contribution < -0.4 is 0 Å². The SMILES string of the molecule is O=C(c1nc2c(s1)CN(O)CC2)N1CCN(S(=O)(=O)c2cc3ccc(Cl)cc3s2)CC1. The highest BCUT2D eigenvalue weighted by Crippen LogP contribution is 2.33. The van der Waals surface area contributed by atoms with Gasteiger partial charge in [-0.3, -0.25) is 4.79 Å². The van der Waals surface area contributed by atoms with Gasteiger partial charge in [0.1, 0.15) is 4.21 Å². The Kier molecular flexibility index (Phi) is 5.53. The molecule has 3 aromatic rings. The first-order valence-corrected chi connectivity index (χ1v) is 13.2. The van der Waals surface area contributed by atoms with Crippen LogP contribution in [0.1, 0.15) is 20.4 Å². The van der Waals surface area contributed by atoms with Crippen LogP contribution in [0.3, 0.4) is 0 Å². The summed E-state index contributed by atoms with van der Waals surface area (Å²) < 4.78 is 28.8. The fraction of sp³-hybridized carbons (Fsp3) is 0.368. The van der Waals surface area contributed by atoms with E-state index in [4.69, 9.17) is 11.6 Å². The third-order valence-electron chi connectivity index (χ3n) is 5.47. The molecule has 0 radical (unpaired) electrons. The van der Waals surface area contributed by atoms with Gasteiger partial charge in [-0.05, 0) is 23.6 Å². The van der Waals surface area contributed by atoms with Gasteiger partial charge < -0.3 is 10.1 Å². The van der Waals surface area contributed by atoms with Gasteiger partial charge in [0.2, 0.25) is 0 Å². The number of carbonyl (C=O) groups excluding carboxylic acids is 1. The highest BCUT2D eigenvalue weighted by molar-refractivity contribution is 7.91. The fourth-order valence-corrected chi connectivity index (χ4v) is 8.11. The first kappa shape index (κ1) is 21.3. The first-order chi connectivity index (χ1) is 14.8. The van der Waals surface area contributed by atoms with E-state index < -0.39 is 10.0 Å². The van der Waals surface area contributed by atoms with E-state index in [-0.39, 0.29) is 23.2 Å². The molecule has 0 unspecified atom stereocenters. The number of hydroxylamine groups is 2. The van der Waals surface area contributed by atoms with E-state index in [9.17, 15) is 18.4 Å². The van der Waals surface area contributed by atoms with Crippen LogP contribution in [0.15, 0.2) is 28.5 Å². The van der Waals surface area contributed by atoms with Crippen molar-refractivity contribution in [3.8, 4) is 0 Å². The van der Waals surface area contributed by atoms with Crippen molar-refractivity contribution >= 4 is 60.3 Å². The predicted octanol–water partition coefficient (Wildman–Crippen LogP) is 2.91. The number of hydrogen-bond donors (Lipinski definition) is 1. The maximum Gasteiger partial charge on any atom is 0.282 e. The van der Waals surface area contributed by atoms with Crippen LogP contribution in [-0.2, 0) is 23.0 Å². The lowest BCUT2D eigenvalue weighted by Gasteiger charge is -2.33. The monoisotopic (exact) mass is 498 g/mol. The molecular formula is C19H19ClN4O4S3. The smallest absolute Gasteiger partial charge is 0.282 e. The summed E-state index contributed by atoms with van der Waals surface area (Å²) in [5.41, 5.74) is 0.865. The van der Waals surface area contributed by atoms with Gasteiger partial charge in [-0.25, -0.2) is 13.4 Å². The molecule has 164 valence electrons. The zero-order valence-corrected chi connectivity index (χ0v) is 19.5. The lowest BCUT2D eigenvalue weighted by atomic mass is 10.2. The molecule has 1 aromatic carbocycles. The van der Waals surface area contributed by atoms with Crippen molar-refractivity contribution in [3.05, 3.63) is 44.9 Å². The largest absolute Gasteiger partial charge is 0.334 e. The number of carbonyl (C=O) groups is 1. The molecule has 8 nitrogen and oxygen atoms in total. The van der Waals surface area contributed by atoms with Crippen molar-refractivity contribution in [2.24, 2.45) is 0 Å². The third kappa shape index (κ3) is 3.99. The van der Waals surface area contributed by atoms with Crippen LogP contribution in [0.5, 0.6) is 0 Å². The van der Waals surface area contributed by atoms with Crippen molar-refractivity contribution in [2.75, 3.05) is 32.7 Å². The van der Waals surface area contributed by atoms with Gasteiger partial charge in [0, 0.05) is 53.7 Å². The molecule has 0 saturated carbocycles. The van der Waals surface area contributed by atoms with Crippen LogP contribution in [0, 0.1) is 0 Å². The number of rotatable bonds is 3. The van der Waals surface area contributed by atoms with Crippen LogP contribution in [0.2, 0.25) is 5.02 Å². The lowest BCUT2D eigenvalue weighted by molar-refractivity contribution is -0.102. The maximum atomic E-state index is 13.1. The van der Waals surface area contributed by atoms with E-state index in [1.165, 1.54) is 32.0 Å². The average molecular weight is 499 g/mol. The van der Waals surface area contributed by atoms with Crippen molar-refractivity contribution in [2.45, 2.75) is 17.2 Å². The van der Waals surface area contributed by atoms with Gasteiger partial charge in [-0.2, -0.15) is 9.37 Å². The summed E-state index contributed by atoms with van der Waals surface area (Å²) in [5, 5.41) is 12.7. The first-order valence-electron chi connectivity index (χ1n) is 9.72. The minimum atomic E-state index is -3.63. The Morgan fingerprint density at radius 2 is 1.87 bits per heavy atom. The second-order valence-electron chi connectivity index (χ2n) is 7.47. The minimum Gasteiger partial charge on any atom is -0.334 e. The van der Waals surface area contributed by atoms with Crippen molar-refractivity contribution < 1.29 is 18.4 Å². The molecule has 1 N–H and O–H groups in total. The molecule has 12 heteroatoms. The van der Waals surface area contributed by atoms with E-state index >= 15 is 0 Å². The minimum absolute atomic E-state index is 0.183. The van der Waals surface area contributed by atoms with Gasteiger partial charge >= 0.3 is 0 Å². The Hall–Kier alpha value is -1.60. The molecule has 5 rings (SSSR count). The summed E-state index contributed by atoms with van der Waals surface area (Å²) in [5.74, 6) is -0.183. The summed E-state index contributed by atoms with van der Waals surface area (Å²) in [6.07, 6.45) is 0.613. The molecule has 2 aliphatic rings. The summed E-state index contributed by atoms with van der Waals surface area (Å²) in [6, 6.07) is 6.99. The van der Waals surface area contributed by atoms with Gasteiger partial charge in [0.15, 0.2) is 5.01 Å². The number of thiophene rings is 1. The van der Waals surface area contributed by atoms with Crippen molar-refractivity contribution in [1.29, 1.82) is 0 Å².